The Labute approximate surface area is 207 Å². The number of aliphatic hydroxyl groups is 1. The highest BCUT2D eigenvalue weighted by atomic mass is 35.5. The molecule has 0 bridgehead atoms. The number of benzene rings is 1. The van der Waals surface area contributed by atoms with Gasteiger partial charge in [-0.1, -0.05) is 34.5 Å². The molecule has 9 nitrogen and oxygen atoms in total. The summed E-state index contributed by atoms with van der Waals surface area (Å²) >= 11 is 12.8. The van der Waals surface area contributed by atoms with Crippen molar-refractivity contribution in [1.29, 1.82) is 0 Å². The van der Waals surface area contributed by atoms with E-state index in [4.69, 9.17) is 27.9 Å². The zero-order chi connectivity index (χ0) is 24.3. The number of aromatic nitrogens is 1. The van der Waals surface area contributed by atoms with Crippen LogP contribution >= 0.6 is 34.5 Å². The first-order chi connectivity index (χ1) is 15.5. The molecule has 3 N–H and O–H groups in total. The molecule has 13 heteroatoms. The number of anilines is 1. The Morgan fingerprint density at radius 1 is 1.30 bits per heavy atom. The number of halogens is 2. The lowest BCUT2D eigenvalue weighted by Gasteiger charge is -2.38. The Kier molecular flexibility index (Phi) is 8.60. The summed E-state index contributed by atoms with van der Waals surface area (Å²) in [5, 5.41) is 13.9. The van der Waals surface area contributed by atoms with E-state index in [0.29, 0.717) is 41.7 Å². The minimum absolute atomic E-state index is 0.00487. The molecule has 1 unspecified atom stereocenters. The largest absolute Gasteiger partial charge is 0.490 e. The van der Waals surface area contributed by atoms with Crippen LogP contribution in [0.15, 0.2) is 22.4 Å². The monoisotopic (exact) mass is 536 g/mol. The molecule has 2 atom stereocenters. The highest BCUT2D eigenvalue weighted by Gasteiger charge is 2.34. The number of hydrogen-bond acceptors (Lipinski definition) is 8. The Hall–Kier alpha value is -1.47. The second-order valence-electron chi connectivity index (χ2n) is 7.81. The highest BCUT2D eigenvalue weighted by Crippen LogP contribution is 2.30. The molecule has 1 aromatic carbocycles. The number of hydrogen-bond donors (Lipinski definition) is 3. The topological polar surface area (TPSA) is 121 Å². The third kappa shape index (κ3) is 6.78. The molecule has 2 heterocycles. The van der Waals surface area contributed by atoms with Gasteiger partial charge in [-0.3, -0.25) is 9.69 Å². The quantitative estimate of drug-likeness (QED) is 0.473. The fourth-order valence-electron chi connectivity index (χ4n) is 3.54. The van der Waals surface area contributed by atoms with Crippen LogP contribution in [0, 0.1) is 6.92 Å². The first kappa shape index (κ1) is 26.1. The van der Waals surface area contributed by atoms with Crippen molar-refractivity contribution in [3.63, 3.8) is 0 Å². The molecular weight excluding hydrogens is 511 g/mol. The van der Waals surface area contributed by atoms with E-state index in [2.05, 4.69) is 15.0 Å². The van der Waals surface area contributed by atoms with Crippen LogP contribution in [0.2, 0.25) is 10.0 Å². The number of rotatable bonds is 8. The van der Waals surface area contributed by atoms with Crippen LogP contribution in [-0.4, -0.2) is 60.8 Å². The second-order valence-corrected chi connectivity index (χ2v) is 11.5. The van der Waals surface area contributed by atoms with E-state index in [1.807, 2.05) is 4.90 Å². The molecule has 0 radical (unpaired) electrons. The first-order valence-electron chi connectivity index (χ1n) is 10.3. The number of aryl methyl sites for hydroxylation is 1. The van der Waals surface area contributed by atoms with E-state index in [0.717, 1.165) is 11.3 Å². The minimum atomic E-state index is -3.98. The molecule has 1 aromatic heterocycles. The maximum absolute atomic E-state index is 13.0. The van der Waals surface area contributed by atoms with Crippen molar-refractivity contribution < 1.29 is 23.1 Å². The van der Waals surface area contributed by atoms with E-state index in [-0.39, 0.29) is 27.0 Å². The summed E-state index contributed by atoms with van der Waals surface area (Å²) in [7, 11) is -3.98. The average Bonchev–Trinajstić information content (AvgIpc) is 3.10. The van der Waals surface area contributed by atoms with E-state index in [1.54, 1.807) is 25.1 Å². The number of piperidine rings is 1. The Morgan fingerprint density at radius 3 is 2.55 bits per heavy atom. The van der Waals surface area contributed by atoms with Crippen molar-refractivity contribution in [3.8, 4) is 5.75 Å². The molecule has 33 heavy (non-hydrogen) atoms. The summed E-state index contributed by atoms with van der Waals surface area (Å²) in [6, 6.07) is 5.08. The van der Waals surface area contributed by atoms with Crippen LogP contribution in [0.1, 0.15) is 32.4 Å². The van der Waals surface area contributed by atoms with Crippen LogP contribution in [0.5, 0.6) is 5.75 Å². The Morgan fingerprint density at radius 2 is 1.97 bits per heavy atom. The van der Waals surface area contributed by atoms with Gasteiger partial charge in [0, 0.05) is 26.1 Å². The second kappa shape index (κ2) is 10.9. The molecule has 182 valence electrons. The van der Waals surface area contributed by atoms with Gasteiger partial charge in [-0.2, -0.15) is 4.72 Å². The van der Waals surface area contributed by atoms with E-state index in [9.17, 15) is 18.3 Å². The van der Waals surface area contributed by atoms with Crippen molar-refractivity contribution in [2.24, 2.45) is 0 Å². The van der Waals surface area contributed by atoms with Crippen molar-refractivity contribution in [2.45, 2.75) is 56.2 Å². The number of aliphatic hydroxyl groups excluding tert-OH is 1. The third-order valence-electron chi connectivity index (χ3n) is 5.08. The van der Waals surface area contributed by atoms with Crippen molar-refractivity contribution >= 4 is 55.6 Å². The summed E-state index contributed by atoms with van der Waals surface area (Å²) in [6.45, 7) is 5.45. The molecule has 2 aromatic rings. The van der Waals surface area contributed by atoms with E-state index >= 15 is 0 Å². The minimum Gasteiger partial charge on any atom is -0.490 e. The highest BCUT2D eigenvalue weighted by molar-refractivity contribution is 7.91. The van der Waals surface area contributed by atoms with Crippen LogP contribution in [0.25, 0.3) is 0 Å². The van der Waals surface area contributed by atoms with Gasteiger partial charge in [0.05, 0.1) is 21.8 Å². The number of nitrogens with one attached hydrogen (secondary N) is 2. The predicted molar refractivity (Wildman–Crippen MR) is 129 cm³/mol. The predicted octanol–water partition coefficient (Wildman–Crippen LogP) is 3.25. The van der Waals surface area contributed by atoms with E-state index in [1.165, 1.54) is 13.8 Å². The number of amides is 1. The van der Waals surface area contributed by atoms with Crippen molar-refractivity contribution in [2.75, 3.05) is 18.4 Å². The molecule has 1 aliphatic heterocycles. The van der Waals surface area contributed by atoms with Crippen molar-refractivity contribution in [3.05, 3.63) is 33.9 Å². The fourth-order valence-corrected chi connectivity index (χ4v) is 6.60. The fraction of sp³-hybridized carbons (Fsp3) is 0.500. The van der Waals surface area contributed by atoms with E-state index < -0.39 is 22.3 Å². The number of nitrogens with zero attached hydrogens (tertiary/aromatic N) is 2. The SMILES string of the molecule is CC(=O)Nc1nc(C)c(S(=O)(=O)NC([C@H](C)O)N2CCC(Oc3ccc(Cl)c(Cl)c3)CC2)s1. The summed E-state index contributed by atoms with van der Waals surface area (Å²) in [4.78, 5) is 17.2. The van der Waals surface area contributed by atoms with Crippen LogP contribution in [-0.2, 0) is 14.8 Å². The summed E-state index contributed by atoms with van der Waals surface area (Å²) in [5.41, 5.74) is 0.273. The van der Waals surface area contributed by atoms with Gasteiger partial charge in [-0.05, 0) is 38.8 Å². The van der Waals surface area contributed by atoms with Crippen LogP contribution in [0.4, 0.5) is 5.13 Å². The molecule has 0 saturated carbocycles. The number of ether oxygens (including phenoxy) is 1. The standard InChI is InChI=1S/C20H26Cl2N4O5S2/c1-11-19(32-20(23-11)24-13(3)28)33(29,30)25-18(12(2)27)26-8-6-14(7-9-26)31-15-4-5-16(21)17(22)10-15/h4-5,10,12,14,18,25,27H,6-9H2,1-3H3,(H,23,24,28)/t12-,18?/m0/s1. The molecular formula is C20H26Cl2N4O5S2. The van der Waals surface area contributed by atoms with Gasteiger partial charge < -0.3 is 15.2 Å². The molecule has 3 rings (SSSR count). The summed E-state index contributed by atoms with van der Waals surface area (Å²) in [6.07, 6.45) is -0.592. The normalized spacial score (nSPS) is 17.5. The van der Waals surface area contributed by atoms with Gasteiger partial charge in [0.25, 0.3) is 10.0 Å². The van der Waals surface area contributed by atoms with Gasteiger partial charge in [-0.25, -0.2) is 13.4 Å². The lowest BCUT2D eigenvalue weighted by Crippen LogP contribution is -2.56. The zero-order valence-corrected chi connectivity index (χ0v) is 21.5. The molecule has 0 aliphatic carbocycles. The smallest absolute Gasteiger partial charge is 0.253 e. The van der Waals surface area contributed by atoms with Gasteiger partial charge in [-0.15, -0.1) is 0 Å². The number of carbonyl (C=O) groups is 1. The van der Waals surface area contributed by atoms with Gasteiger partial charge in [0.15, 0.2) is 9.34 Å². The summed E-state index contributed by atoms with van der Waals surface area (Å²) < 4.78 is 34.7. The molecule has 0 spiro atoms. The van der Waals surface area contributed by atoms with Crippen molar-refractivity contribution in [1.82, 2.24) is 14.6 Å². The van der Waals surface area contributed by atoms with Crippen LogP contribution in [0.3, 0.4) is 0 Å². The maximum atomic E-state index is 13.0. The molecule has 1 fully saturated rings. The average molecular weight is 537 g/mol. The van der Waals surface area contributed by atoms with Gasteiger partial charge in [0.1, 0.15) is 18.0 Å². The summed E-state index contributed by atoms with van der Waals surface area (Å²) in [5.74, 6) is 0.278. The number of likely N-dealkylation sites (tertiary alicyclic amines) is 1. The Balaban J connectivity index is 1.65. The Bertz CT molecular complexity index is 1100. The molecule has 1 amide bonds. The molecule has 1 aliphatic rings. The molecule has 1 saturated heterocycles. The third-order valence-corrected chi connectivity index (χ3v) is 8.93. The zero-order valence-electron chi connectivity index (χ0n) is 18.3. The lowest BCUT2D eigenvalue weighted by molar-refractivity contribution is -0.114. The van der Waals surface area contributed by atoms with Crippen LogP contribution < -0.4 is 14.8 Å². The number of sulfonamides is 1. The number of thiazole rings is 1. The van der Waals surface area contributed by atoms with Gasteiger partial charge >= 0.3 is 0 Å². The lowest BCUT2D eigenvalue weighted by atomic mass is 10.1. The number of carbonyl (C=O) groups excluding carboxylic acids is 1. The first-order valence-corrected chi connectivity index (χ1v) is 13.3. The van der Waals surface area contributed by atoms with Gasteiger partial charge in [0.2, 0.25) is 5.91 Å². The maximum Gasteiger partial charge on any atom is 0.253 e.